The van der Waals surface area contributed by atoms with Crippen molar-refractivity contribution in [1.82, 2.24) is 0 Å². The van der Waals surface area contributed by atoms with Crippen LogP contribution in [0.5, 0.6) is 34.5 Å². The van der Waals surface area contributed by atoms with Crippen molar-refractivity contribution in [2.75, 3.05) is 42.7 Å². The second-order valence-corrected chi connectivity index (χ2v) is 17.3. The average Bonchev–Trinajstić information content (AvgIpc) is 3.17. The van der Waals surface area contributed by atoms with Crippen LogP contribution in [0.25, 0.3) is 0 Å². The van der Waals surface area contributed by atoms with E-state index in [1.165, 1.54) is 22.3 Å². The number of rotatable bonds is 10. The zero-order valence-electron chi connectivity index (χ0n) is 29.5. The molecule has 0 unspecified atom stereocenters. The van der Waals surface area contributed by atoms with E-state index in [0.29, 0.717) is 34.5 Å². The van der Waals surface area contributed by atoms with Crippen LogP contribution in [-0.2, 0) is 20.4 Å². The number of methoxy groups -OCH3 is 6. The van der Waals surface area contributed by atoms with Crippen LogP contribution in [-0.4, -0.2) is 50.7 Å². The van der Waals surface area contributed by atoms with Gasteiger partial charge in [-0.25, -0.2) is 0 Å². The molecule has 47 heavy (non-hydrogen) atoms. The number of hydrogen-bond acceptors (Lipinski definition) is 6. The van der Waals surface area contributed by atoms with Crippen LogP contribution in [0.2, 0.25) is 3.34 Å². The summed E-state index contributed by atoms with van der Waals surface area (Å²) in [7, 11) is 6.80. The Morgan fingerprint density at radius 3 is 0.872 bits per heavy atom. The van der Waals surface area contributed by atoms with E-state index in [1.807, 2.05) is 20.8 Å². The van der Waals surface area contributed by atoms with Gasteiger partial charge in [-0.2, -0.15) is 0 Å². The summed E-state index contributed by atoms with van der Waals surface area (Å²) < 4.78 is 36.8. The molecule has 4 rings (SSSR count). The van der Waals surface area contributed by atoms with E-state index in [4.69, 9.17) is 28.4 Å². The van der Waals surface area contributed by atoms with Crippen LogP contribution in [0.15, 0.2) is 58.7 Å². The average molecular weight is 756 g/mol. The van der Waals surface area contributed by atoms with Gasteiger partial charge in [0.15, 0.2) is 0 Å². The maximum atomic E-state index is 6.37. The van der Waals surface area contributed by atoms with Crippen LogP contribution < -0.4 is 81.2 Å². The molecule has 3 aromatic rings. The molecule has 3 aromatic carbocycles. The van der Waals surface area contributed by atoms with Crippen LogP contribution in [0, 0.1) is 20.8 Å². The minimum atomic E-state index is -3.46. The summed E-state index contributed by atoms with van der Waals surface area (Å²) in [5.41, 5.74) is 8.13. The van der Waals surface area contributed by atoms with Crippen molar-refractivity contribution in [3.63, 3.8) is 0 Å². The maximum Gasteiger partial charge on any atom is -1.00 e. The van der Waals surface area contributed by atoms with Gasteiger partial charge in [-0.05, 0) is 0 Å². The van der Waals surface area contributed by atoms with E-state index in [2.05, 4.69) is 84.5 Å². The SMILES string of the molecule is COc1c(C)ccc([Si](c2ccc(C)c(OC)c2OC)(c2ccc(C)c(OC)c2OC)[C]2([Ti+3])C(C)=C(C)C(C)=C2C)c1OC.[Cl-].[Cl-].[Cl-]. The third kappa shape index (κ3) is 6.10. The summed E-state index contributed by atoms with van der Waals surface area (Å²) in [4.78, 5) is 0. The zero-order valence-corrected chi connectivity index (χ0v) is 34.4. The van der Waals surface area contributed by atoms with Crippen LogP contribution in [0.1, 0.15) is 44.4 Å². The second-order valence-electron chi connectivity index (χ2n) is 11.5. The van der Waals surface area contributed by atoms with E-state index in [-0.39, 0.29) is 37.2 Å². The number of halogens is 3. The molecular formula is C36H45Cl3O6SiTi. The Hall–Kier alpha value is -2.26. The molecule has 0 bridgehead atoms. The molecule has 11 heteroatoms. The number of benzene rings is 3. The fourth-order valence-corrected chi connectivity index (χ4v) is 16.0. The van der Waals surface area contributed by atoms with Crippen LogP contribution >= 0.6 is 0 Å². The molecular weight excluding hydrogens is 711 g/mol. The van der Waals surface area contributed by atoms with E-state index >= 15 is 0 Å². The second kappa shape index (κ2) is 16.4. The van der Waals surface area contributed by atoms with Gasteiger partial charge in [0, 0.05) is 0 Å². The summed E-state index contributed by atoms with van der Waals surface area (Å²) >= 11 is 2.38. The summed E-state index contributed by atoms with van der Waals surface area (Å²) in [6.07, 6.45) is 0. The van der Waals surface area contributed by atoms with Crippen molar-refractivity contribution in [3.05, 3.63) is 75.4 Å². The van der Waals surface area contributed by atoms with E-state index in [0.717, 1.165) is 32.3 Å². The minimum Gasteiger partial charge on any atom is -1.00 e. The third-order valence-electron chi connectivity index (χ3n) is 9.74. The summed E-state index contributed by atoms with van der Waals surface area (Å²) in [5, 5.41) is 3.12. The van der Waals surface area contributed by atoms with Gasteiger partial charge in [-0.15, -0.1) is 0 Å². The quantitative estimate of drug-likeness (QED) is 0.164. The first-order chi connectivity index (χ1) is 20.9. The fraction of sp³-hybridized carbons (Fsp3) is 0.389. The first-order valence-electron chi connectivity index (χ1n) is 14.7. The standard InChI is InChI=1S/C36H45O6Si.3ClH.Ti/c1-20-14-17-27(33(40-11)30(20)37-8)43(36-25(6)23(4)24(5)26(36)7,28-18-15-21(2)31(38-9)34(28)41-12)29-19-16-22(3)32(39-10)35(29)42-13;;;;/h14-19H,1-13H3;3*1H;/q;;;;+3/p-3. The summed E-state index contributed by atoms with van der Waals surface area (Å²) in [5.74, 6) is 4.22. The molecule has 1 aliphatic carbocycles. The summed E-state index contributed by atoms with van der Waals surface area (Å²) in [6, 6.07) is 13.0. The molecule has 0 aliphatic heterocycles. The predicted octanol–water partition coefficient (Wildman–Crippen LogP) is -2.92. The number of hydrogen-bond donors (Lipinski definition) is 0. The molecule has 0 aromatic heterocycles. The summed E-state index contributed by atoms with van der Waals surface area (Å²) in [6.45, 7) is 15.1. The number of aryl methyl sites for hydroxylation is 3. The molecule has 0 radical (unpaired) electrons. The molecule has 1 aliphatic rings. The third-order valence-corrected chi connectivity index (χ3v) is 18.1. The van der Waals surface area contributed by atoms with Gasteiger partial charge in [0.25, 0.3) is 0 Å². The van der Waals surface area contributed by atoms with Crippen LogP contribution in [0.3, 0.4) is 0 Å². The van der Waals surface area contributed by atoms with Gasteiger partial charge in [0.2, 0.25) is 0 Å². The van der Waals surface area contributed by atoms with Gasteiger partial charge in [0.1, 0.15) is 0 Å². The van der Waals surface area contributed by atoms with E-state index in [1.54, 1.807) is 42.7 Å². The van der Waals surface area contributed by atoms with E-state index in [9.17, 15) is 0 Å². The molecule has 0 spiro atoms. The van der Waals surface area contributed by atoms with Gasteiger partial charge >= 0.3 is 277 Å². The van der Waals surface area contributed by atoms with Crippen molar-refractivity contribution in [1.29, 1.82) is 0 Å². The largest absolute Gasteiger partial charge is 1.00 e. The first kappa shape index (κ1) is 42.8. The molecule has 0 heterocycles. The van der Waals surface area contributed by atoms with E-state index < -0.39 is 11.4 Å². The van der Waals surface area contributed by atoms with Crippen LogP contribution in [0.4, 0.5) is 0 Å². The van der Waals surface area contributed by atoms with Gasteiger partial charge in [-0.3, -0.25) is 0 Å². The monoisotopic (exact) mass is 754 g/mol. The molecule has 0 atom stereocenters. The minimum absolute atomic E-state index is 0. The van der Waals surface area contributed by atoms with Gasteiger partial charge in [0.05, 0.1) is 0 Å². The topological polar surface area (TPSA) is 55.4 Å². The molecule has 0 saturated carbocycles. The van der Waals surface area contributed by atoms with Crippen molar-refractivity contribution >= 4 is 23.6 Å². The number of allylic oxidation sites excluding steroid dienone is 4. The maximum absolute atomic E-state index is 6.37. The Kier molecular flexibility index (Phi) is 14.9. The number of ether oxygens (including phenoxy) is 6. The Labute approximate surface area is 312 Å². The molecule has 0 amide bonds. The van der Waals surface area contributed by atoms with Crippen molar-refractivity contribution < 1.29 is 86.1 Å². The van der Waals surface area contributed by atoms with Crippen molar-refractivity contribution in [2.24, 2.45) is 0 Å². The fourth-order valence-electron chi connectivity index (χ4n) is 7.25. The first-order valence-corrected chi connectivity index (χ1v) is 17.4. The Morgan fingerprint density at radius 2 is 0.660 bits per heavy atom. The normalized spacial score (nSPS) is 13.7. The smallest absolute Gasteiger partial charge is 1.00 e. The predicted molar refractivity (Wildman–Crippen MR) is 177 cm³/mol. The van der Waals surface area contributed by atoms with Crippen molar-refractivity contribution in [3.8, 4) is 34.5 Å². The molecule has 0 N–H and O–H groups in total. The van der Waals surface area contributed by atoms with Gasteiger partial charge < -0.3 is 37.2 Å². The molecule has 0 fully saturated rings. The van der Waals surface area contributed by atoms with Gasteiger partial charge in [-0.1, -0.05) is 0 Å². The van der Waals surface area contributed by atoms with Crippen molar-refractivity contribution in [2.45, 2.75) is 51.8 Å². The molecule has 0 saturated heterocycles. The Balaban J connectivity index is 0.00000368. The molecule has 6 nitrogen and oxygen atoms in total. The zero-order chi connectivity index (χ0) is 32.7. The Morgan fingerprint density at radius 1 is 0.426 bits per heavy atom. The molecule has 254 valence electrons. The Bertz CT molecular complexity index is 1510.